The fourth-order valence-electron chi connectivity index (χ4n) is 3.98. The third-order valence-corrected chi connectivity index (χ3v) is 5.41. The van der Waals surface area contributed by atoms with Gasteiger partial charge in [0.2, 0.25) is 5.91 Å². The zero-order valence-electron chi connectivity index (χ0n) is 14.4. The molecule has 1 amide bonds. The van der Waals surface area contributed by atoms with Crippen molar-refractivity contribution in [2.45, 2.75) is 25.0 Å². The maximum absolute atomic E-state index is 12.6. The van der Waals surface area contributed by atoms with E-state index in [9.17, 15) is 9.90 Å². The summed E-state index contributed by atoms with van der Waals surface area (Å²) in [5.74, 6) is 0.125. The predicted molar refractivity (Wildman–Crippen MR) is 95.4 cm³/mol. The lowest BCUT2D eigenvalue weighted by atomic mass is 10.1. The number of aromatic nitrogens is 1. The summed E-state index contributed by atoms with van der Waals surface area (Å²) in [7, 11) is 0. The molecular formula is C19H25N3O3. The second-order valence-corrected chi connectivity index (χ2v) is 6.94. The highest BCUT2D eigenvalue weighted by Crippen LogP contribution is 2.21. The van der Waals surface area contributed by atoms with Gasteiger partial charge in [0.25, 0.3) is 0 Å². The number of aliphatic hydroxyl groups is 1. The number of ether oxygens (including phenoxy) is 1. The third kappa shape index (κ3) is 3.42. The van der Waals surface area contributed by atoms with Gasteiger partial charge in [0, 0.05) is 49.7 Å². The van der Waals surface area contributed by atoms with Gasteiger partial charge in [0.05, 0.1) is 25.4 Å². The Morgan fingerprint density at radius 1 is 1.24 bits per heavy atom. The first-order valence-corrected chi connectivity index (χ1v) is 9.05. The molecule has 0 aliphatic carbocycles. The van der Waals surface area contributed by atoms with Crippen LogP contribution in [-0.2, 0) is 16.0 Å². The summed E-state index contributed by atoms with van der Waals surface area (Å²) in [4.78, 5) is 19.9. The average molecular weight is 343 g/mol. The molecule has 2 fully saturated rings. The van der Waals surface area contributed by atoms with Crippen LogP contribution in [0.2, 0.25) is 0 Å². The van der Waals surface area contributed by atoms with E-state index in [-0.39, 0.29) is 11.9 Å². The number of aliphatic hydroxyl groups excluding tert-OH is 1. The Hall–Kier alpha value is -1.89. The van der Waals surface area contributed by atoms with Crippen LogP contribution in [0.4, 0.5) is 0 Å². The maximum Gasteiger partial charge on any atom is 0.223 e. The highest BCUT2D eigenvalue weighted by Gasteiger charge is 2.37. The summed E-state index contributed by atoms with van der Waals surface area (Å²) in [6, 6.07) is 8.20. The second-order valence-electron chi connectivity index (χ2n) is 6.94. The minimum atomic E-state index is -0.463. The van der Waals surface area contributed by atoms with Crippen LogP contribution in [0.3, 0.4) is 0 Å². The molecular weight excluding hydrogens is 318 g/mol. The molecule has 0 unspecified atom stereocenters. The van der Waals surface area contributed by atoms with E-state index >= 15 is 0 Å². The molecule has 1 aromatic heterocycles. The molecule has 6 nitrogen and oxygen atoms in total. The standard InChI is InChI=1S/C19H25N3O3/c23-18-13-22(12-17(18)21-7-9-25-10-8-21)19(24)6-5-14-11-20-16-4-2-1-3-15(14)16/h1-4,11,17-18,20,23H,5-10,12-13H2/t17-,18-/m0/s1. The van der Waals surface area contributed by atoms with Crippen LogP contribution < -0.4 is 0 Å². The second kappa shape index (κ2) is 7.15. The van der Waals surface area contributed by atoms with Crippen molar-refractivity contribution in [3.63, 3.8) is 0 Å². The van der Waals surface area contributed by atoms with Crippen molar-refractivity contribution in [2.75, 3.05) is 39.4 Å². The van der Waals surface area contributed by atoms with Crippen LogP contribution in [-0.4, -0.2) is 77.3 Å². The van der Waals surface area contributed by atoms with E-state index < -0.39 is 6.10 Å². The number of nitrogens with zero attached hydrogens (tertiary/aromatic N) is 2. The summed E-state index contributed by atoms with van der Waals surface area (Å²) in [6.45, 7) is 4.14. The molecule has 3 heterocycles. The van der Waals surface area contributed by atoms with Gasteiger partial charge in [-0.25, -0.2) is 0 Å². The van der Waals surface area contributed by atoms with Gasteiger partial charge in [-0.1, -0.05) is 18.2 Å². The summed E-state index contributed by atoms with van der Waals surface area (Å²) >= 11 is 0. The third-order valence-electron chi connectivity index (χ3n) is 5.41. The molecule has 25 heavy (non-hydrogen) atoms. The monoisotopic (exact) mass is 343 g/mol. The van der Waals surface area contributed by atoms with Crippen molar-refractivity contribution in [1.29, 1.82) is 0 Å². The molecule has 4 rings (SSSR count). The Balaban J connectivity index is 1.35. The van der Waals surface area contributed by atoms with Gasteiger partial charge < -0.3 is 19.7 Å². The van der Waals surface area contributed by atoms with E-state index in [1.165, 1.54) is 10.9 Å². The number of benzene rings is 1. The number of fused-ring (bicyclic) bond motifs is 1. The van der Waals surface area contributed by atoms with Gasteiger partial charge in [0.1, 0.15) is 0 Å². The number of H-pyrrole nitrogens is 1. The fourth-order valence-corrected chi connectivity index (χ4v) is 3.98. The number of carbonyl (C=O) groups is 1. The van der Waals surface area contributed by atoms with E-state index in [2.05, 4.69) is 16.0 Å². The van der Waals surface area contributed by atoms with Crippen molar-refractivity contribution in [1.82, 2.24) is 14.8 Å². The van der Waals surface area contributed by atoms with Gasteiger partial charge in [-0.2, -0.15) is 0 Å². The normalized spacial score (nSPS) is 24.9. The van der Waals surface area contributed by atoms with E-state index in [1.54, 1.807) is 0 Å². The Labute approximate surface area is 147 Å². The fraction of sp³-hybridized carbons (Fsp3) is 0.526. The SMILES string of the molecule is O=C(CCc1c[nH]c2ccccc12)N1C[C@H](O)[C@@H](N2CCOCC2)C1. The zero-order valence-corrected chi connectivity index (χ0v) is 14.4. The Morgan fingerprint density at radius 3 is 2.88 bits per heavy atom. The lowest BCUT2D eigenvalue weighted by molar-refractivity contribution is -0.130. The Kier molecular flexibility index (Phi) is 4.74. The number of likely N-dealkylation sites (tertiary alicyclic amines) is 1. The molecule has 2 aromatic rings. The quantitative estimate of drug-likeness (QED) is 0.869. The molecule has 0 saturated carbocycles. The first kappa shape index (κ1) is 16.6. The number of morpholine rings is 1. The molecule has 0 bridgehead atoms. The summed E-state index contributed by atoms with van der Waals surface area (Å²) < 4.78 is 5.38. The van der Waals surface area contributed by atoms with Crippen molar-refractivity contribution in [3.05, 3.63) is 36.0 Å². The molecule has 0 spiro atoms. The van der Waals surface area contributed by atoms with Crippen molar-refractivity contribution < 1.29 is 14.6 Å². The van der Waals surface area contributed by atoms with Crippen molar-refractivity contribution >= 4 is 16.8 Å². The highest BCUT2D eigenvalue weighted by molar-refractivity contribution is 5.84. The lowest BCUT2D eigenvalue weighted by Crippen LogP contribution is -2.49. The van der Waals surface area contributed by atoms with Crippen molar-refractivity contribution in [2.24, 2.45) is 0 Å². The highest BCUT2D eigenvalue weighted by atomic mass is 16.5. The summed E-state index contributed by atoms with van der Waals surface area (Å²) in [6.07, 6.45) is 2.73. The lowest BCUT2D eigenvalue weighted by Gasteiger charge is -2.33. The molecule has 2 atom stereocenters. The Morgan fingerprint density at radius 2 is 2.04 bits per heavy atom. The maximum atomic E-state index is 12.6. The predicted octanol–water partition coefficient (Wildman–Crippen LogP) is 1.00. The number of amides is 1. The zero-order chi connectivity index (χ0) is 17.2. The van der Waals surface area contributed by atoms with Crippen LogP contribution in [0, 0.1) is 0 Å². The molecule has 1 aromatic carbocycles. The van der Waals surface area contributed by atoms with Gasteiger partial charge in [-0.3, -0.25) is 9.69 Å². The van der Waals surface area contributed by atoms with Crippen LogP contribution in [0.15, 0.2) is 30.5 Å². The van der Waals surface area contributed by atoms with Crippen LogP contribution in [0.5, 0.6) is 0 Å². The van der Waals surface area contributed by atoms with E-state index in [1.807, 2.05) is 29.3 Å². The number of rotatable bonds is 4. The number of para-hydroxylation sites is 1. The number of carbonyl (C=O) groups excluding carboxylic acids is 1. The number of aromatic amines is 1. The topological polar surface area (TPSA) is 68.8 Å². The molecule has 0 radical (unpaired) electrons. The first-order chi connectivity index (χ1) is 12.2. The summed E-state index contributed by atoms with van der Waals surface area (Å²) in [5.41, 5.74) is 2.28. The minimum absolute atomic E-state index is 0.0425. The number of hydrogen-bond acceptors (Lipinski definition) is 4. The number of nitrogens with one attached hydrogen (secondary N) is 1. The molecule has 134 valence electrons. The number of β-amino-alcohol motifs (C(OH)–C–C–N with tert-alkyl or cyclic N) is 1. The van der Waals surface area contributed by atoms with Gasteiger partial charge in [0.15, 0.2) is 0 Å². The van der Waals surface area contributed by atoms with Crippen LogP contribution >= 0.6 is 0 Å². The summed E-state index contributed by atoms with van der Waals surface area (Å²) in [5, 5.41) is 11.6. The van der Waals surface area contributed by atoms with Crippen LogP contribution in [0.1, 0.15) is 12.0 Å². The van der Waals surface area contributed by atoms with Gasteiger partial charge >= 0.3 is 0 Å². The van der Waals surface area contributed by atoms with Gasteiger partial charge in [-0.05, 0) is 18.1 Å². The first-order valence-electron chi connectivity index (χ1n) is 9.05. The molecule has 2 saturated heterocycles. The molecule has 2 aliphatic rings. The molecule has 2 N–H and O–H groups in total. The number of aryl methyl sites for hydroxylation is 1. The van der Waals surface area contributed by atoms with Crippen LogP contribution in [0.25, 0.3) is 10.9 Å². The van der Waals surface area contributed by atoms with E-state index in [4.69, 9.17) is 4.74 Å². The molecule has 6 heteroatoms. The van der Waals surface area contributed by atoms with E-state index in [0.717, 1.165) is 25.0 Å². The van der Waals surface area contributed by atoms with Crippen molar-refractivity contribution in [3.8, 4) is 0 Å². The molecule has 2 aliphatic heterocycles. The number of hydrogen-bond donors (Lipinski definition) is 2. The average Bonchev–Trinajstić information content (AvgIpc) is 3.24. The Bertz CT molecular complexity index is 738. The largest absolute Gasteiger partial charge is 0.390 e. The minimum Gasteiger partial charge on any atom is -0.390 e. The van der Waals surface area contributed by atoms with E-state index in [0.29, 0.717) is 32.7 Å². The smallest absolute Gasteiger partial charge is 0.223 e. The van der Waals surface area contributed by atoms with Gasteiger partial charge in [-0.15, -0.1) is 0 Å².